The maximum Gasteiger partial charge on any atom is 0.273 e. The second-order valence-electron chi connectivity index (χ2n) is 8.26. The Kier molecular flexibility index (Phi) is 6.72. The van der Waals surface area contributed by atoms with Crippen LogP contribution >= 0.6 is 0 Å². The van der Waals surface area contributed by atoms with Crippen LogP contribution in [0.1, 0.15) is 16.3 Å². The molecule has 0 spiro atoms. The Bertz CT molecular complexity index is 1570. The number of imidazole rings is 1. The molecule has 5 rings (SSSR count). The van der Waals surface area contributed by atoms with Crippen molar-refractivity contribution in [2.24, 2.45) is 7.05 Å². The second kappa shape index (κ2) is 10.4. The summed E-state index contributed by atoms with van der Waals surface area (Å²) in [5.74, 6) is 3.34. The first-order chi connectivity index (χ1) is 18.4. The minimum atomic E-state index is -0.307. The third-order valence-electron chi connectivity index (χ3n) is 5.83. The van der Waals surface area contributed by atoms with Crippen molar-refractivity contribution in [1.82, 2.24) is 29.5 Å². The van der Waals surface area contributed by atoms with E-state index in [9.17, 15) is 4.79 Å². The highest BCUT2D eigenvalue weighted by Crippen LogP contribution is 2.33. The van der Waals surface area contributed by atoms with Crippen molar-refractivity contribution in [2.45, 2.75) is 6.92 Å². The standard InChI is InChI=1S/C27H25N7O4/c1-17-28-13-14-34(17)25-11-12-26(31-30-25)38-19-7-5-18(6-8-19)29-27(35)23-16-22(32-33(23)2)21-15-20(36-3)9-10-24(21)37-4/h5-16H,1-4H3,(H,29,35). The van der Waals surface area contributed by atoms with Gasteiger partial charge in [-0.05, 0) is 61.5 Å². The van der Waals surface area contributed by atoms with Crippen molar-refractivity contribution >= 4 is 11.6 Å². The molecule has 0 fully saturated rings. The number of hydrogen-bond donors (Lipinski definition) is 1. The molecular weight excluding hydrogens is 486 g/mol. The summed E-state index contributed by atoms with van der Waals surface area (Å²) >= 11 is 0. The zero-order valence-corrected chi connectivity index (χ0v) is 21.2. The minimum Gasteiger partial charge on any atom is -0.497 e. The van der Waals surface area contributed by atoms with Crippen molar-refractivity contribution in [3.63, 3.8) is 0 Å². The first kappa shape index (κ1) is 24.5. The van der Waals surface area contributed by atoms with Crippen LogP contribution in [0.5, 0.6) is 23.1 Å². The topological polar surface area (TPSA) is 118 Å². The average molecular weight is 512 g/mol. The summed E-state index contributed by atoms with van der Waals surface area (Å²) in [6.07, 6.45) is 3.52. The molecule has 0 atom stereocenters. The number of rotatable bonds is 8. The zero-order valence-electron chi connectivity index (χ0n) is 21.2. The summed E-state index contributed by atoms with van der Waals surface area (Å²) in [4.78, 5) is 17.2. The molecule has 0 aliphatic carbocycles. The molecule has 0 saturated heterocycles. The van der Waals surface area contributed by atoms with Gasteiger partial charge in [-0.3, -0.25) is 14.0 Å². The van der Waals surface area contributed by atoms with E-state index < -0.39 is 0 Å². The van der Waals surface area contributed by atoms with Crippen molar-refractivity contribution in [1.29, 1.82) is 0 Å². The molecule has 0 bridgehead atoms. The predicted octanol–water partition coefficient (Wildman–Crippen LogP) is 4.43. The molecule has 11 nitrogen and oxygen atoms in total. The fraction of sp³-hybridized carbons (Fsp3) is 0.148. The molecule has 3 aromatic heterocycles. The lowest BCUT2D eigenvalue weighted by Gasteiger charge is -2.08. The third-order valence-corrected chi connectivity index (χ3v) is 5.83. The number of anilines is 1. The van der Waals surface area contributed by atoms with Gasteiger partial charge in [-0.2, -0.15) is 5.10 Å². The summed E-state index contributed by atoms with van der Waals surface area (Å²) in [5, 5.41) is 15.7. The largest absolute Gasteiger partial charge is 0.497 e. The zero-order chi connectivity index (χ0) is 26.6. The SMILES string of the molecule is COc1ccc(OC)c(-c2cc(C(=O)Nc3ccc(Oc4ccc(-n5ccnc5C)nn4)cc3)n(C)n2)c1. The summed E-state index contributed by atoms with van der Waals surface area (Å²) < 4.78 is 19.9. The number of benzene rings is 2. The predicted molar refractivity (Wildman–Crippen MR) is 140 cm³/mol. The maximum atomic E-state index is 13.0. The van der Waals surface area contributed by atoms with Gasteiger partial charge in [0.05, 0.1) is 19.9 Å². The lowest BCUT2D eigenvalue weighted by molar-refractivity contribution is 0.101. The van der Waals surface area contributed by atoms with E-state index >= 15 is 0 Å². The van der Waals surface area contributed by atoms with E-state index in [1.54, 1.807) is 82.1 Å². The normalized spacial score (nSPS) is 10.7. The Morgan fingerprint density at radius 1 is 0.921 bits per heavy atom. The number of nitrogens with zero attached hydrogens (tertiary/aromatic N) is 6. The van der Waals surface area contributed by atoms with E-state index in [2.05, 4.69) is 25.6 Å². The van der Waals surface area contributed by atoms with E-state index in [0.29, 0.717) is 46.0 Å². The molecule has 0 saturated carbocycles. The van der Waals surface area contributed by atoms with Gasteiger partial charge in [0.15, 0.2) is 5.82 Å². The molecule has 0 aliphatic rings. The monoisotopic (exact) mass is 511 g/mol. The Balaban J connectivity index is 1.26. The first-order valence-electron chi connectivity index (χ1n) is 11.6. The Morgan fingerprint density at radius 2 is 1.71 bits per heavy atom. The molecule has 1 N–H and O–H groups in total. The van der Waals surface area contributed by atoms with E-state index in [-0.39, 0.29) is 5.91 Å². The van der Waals surface area contributed by atoms with Crippen molar-refractivity contribution in [3.8, 4) is 40.2 Å². The minimum absolute atomic E-state index is 0.307. The number of methoxy groups -OCH3 is 2. The molecule has 5 aromatic rings. The quantitative estimate of drug-likeness (QED) is 0.325. The van der Waals surface area contributed by atoms with Gasteiger partial charge in [0.1, 0.15) is 28.8 Å². The van der Waals surface area contributed by atoms with E-state index in [4.69, 9.17) is 14.2 Å². The average Bonchev–Trinajstić information content (AvgIpc) is 3.55. The van der Waals surface area contributed by atoms with Gasteiger partial charge in [-0.25, -0.2) is 4.98 Å². The molecule has 11 heteroatoms. The summed E-state index contributed by atoms with van der Waals surface area (Å²) in [6.45, 7) is 1.89. The molecule has 0 radical (unpaired) electrons. The van der Waals surface area contributed by atoms with Gasteiger partial charge in [-0.15, -0.1) is 10.2 Å². The lowest BCUT2D eigenvalue weighted by Crippen LogP contribution is -2.15. The number of ether oxygens (including phenoxy) is 3. The van der Waals surface area contributed by atoms with Gasteiger partial charge < -0.3 is 19.5 Å². The van der Waals surface area contributed by atoms with Crippen LogP contribution in [0.15, 0.2) is 73.1 Å². The van der Waals surface area contributed by atoms with Gasteiger partial charge >= 0.3 is 0 Å². The summed E-state index contributed by atoms with van der Waals surface area (Å²) in [6, 6.07) is 17.6. The highest BCUT2D eigenvalue weighted by atomic mass is 16.5. The number of aryl methyl sites for hydroxylation is 2. The number of carbonyl (C=O) groups is 1. The number of aromatic nitrogens is 6. The Morgan fingerprint density at radius 3 is 2.37 bits per heavy atom. The third kappa shape index (κ3) is 5.03. The molecule has 2 aromatic carbocycles. The van der Waals surface area contributed by atoms with Crippen molar-refractivity contribution < 1.29 is 19.0 Å². The van der Waals surface area contributed by atoms with Crippen molar-refractivity contribution in [3.05, 3.63) is 84.6 Å². The second-order valence-corrected chi connectivity index (χ2v) is 8.26. The number of amides is 1. The fourth-order valence-electron chi connectivity index (χ4n) is 3.86. The smallest absolute Gasteiger partial charge is 0.273 e. The molecule has 192 valence electrons. The molecular formula is C27H25N7O4. The van der Waals surface area contributed by atoms with Gasteiger partial charge in [0, 0.05) is 36.8 Å². The van der Waals surface area contributed by atoms with Gasteiger partial charge in [0.2, 0.25) is 5.88 Å². The molecule has 3 heterocycles. The van der Waals surface area contributed by atoms with Crippen LogP contribution in [0, 0.1) is 6.92 Å². The van der Waals surface area contributed by atoms with Crippen LogP contribution in [-0.4, -0.2) is 49.7 Å². The Labute approximate surface area is 218 Å². The highest BCUT2D eigenvalue weighted by Gasteiger charge is 2.18. The number of carbonyl (C=O) groups excluding carboxylic acids is 1. The van der Waals surface area contributed by atoms with Crippen molar-refractivity contribution in [2.75, 3.05) is 19.5 Å². The van der Waals surface area contributed by atoms with Crippen LogP contribution in [0.3, 0.4) is 0 Å². The lowest BCUT2D eigenvalue weighted by atomic mass is 10.1. The van der Waals surface area contributed by atoms with Crippen LogP contribution in [0.2, 0.25) is 0 Å². The molecule has 1 amide bonds. The molecule has 0 unspecified atom stereocenters. The number of nitrogens with one attached hydrogen (secondary N) is 1. The van der Waals surface area contributed by atoms with Crippen LogP contribution in [0.25, 0.3) is 17.1 Å². The summed E-state index contributed by atoms with van der Waals surface area (Å²) in [5.41, 5.74) is 2.29. The van der Waals surface area contributed by atoms with Crippen LogP contribution < -0.4 is 19.5 Å². The molecule has 0 aliphatic heterocycles. The highest BCUT2D eigenvalue weighted by molar-refractivity contribution is 6.03. The summed E-state index contributed by atoms with van der Waals surface area (Å²) in [7, 11) is 4.88. The first-order valence-corrected chi connectivity index (χ1v) is 11.6. The Hall–Kier alpha value is -5.19. The van der Waals surface area contributed by atoms with Crippen LogP contribution in [-0.2, 0) is 7.05 Å². The van der Waals surface area contributed by atoms with E-state index in [1.807, 2.05) is 23.8 Å². The number of hydrogen-bond acceptors (Lipinski definition) is 8. The molecule has 38 heavy (non-hydrogen) atoms. The maximum absolute atomic E-state index is 13.0. The van der Waals surface area contributed by atoms with Gasteiger partial charge in [0.25, 0.3) is 5.91 Å². The van der Waals surface area contributed by atoms with Crippen LogP contribution in [0.4, 0.5) is 5.69 Å². The van der Waals surface area contributed by atoms with E-state index in [1.165, 1.54) is 4.68 Å². The van der Waals surface area contributed by atoms with Gasteiger partial charge in [-0.1, -0.05) is 0 Å². The fourth-order valence-corrected chi connectivity index (χ4v) is 3.86. The van der Waals surface area contributed by atoms with E-state index in [0.717, 1.165) is 11.4 Å².